The van der Waals surface area contributed by atoms with Crippen molar-refractivity contribution in [2.45, 2.75) is 31.8 Å². The van der Waals surface area contributed by atoms with E-state index in [2.05, 4.69) is 19.1 Å². The third-order valence-electron chi connectivity index (χ3n) is 3.17. The van der Waals surface area contributed by atoms with Gasteiger partial charge in [-0.15, -0.1) is 11.3 Å². The minimum Gasteiger partial charge on any atom is -0.392 e. The molecule has 3 heteroatoms. The first-order chi connectivity index (χ1) is 8.70. The molecule has 0 aliphatic carbocycles. The van der Waals surface area contributed by atoms with Crippen LogP contribution in [-0.4, -0.2) is 11.2 Å². The van der Waals surface area contributed by atoms with Gasteiger partial charge in [-0.25, -0.2) is 0 Å². The van der Waals surface area contributed by atoms with Crippen LogP contribution >= 0.6 is 22.9 Å². The van der Waals surface area contributed by atoms with Crippen LogP contribution in [0.15, 0.2) is 42.5 Å². The molecule has 0 amide bonds. The van der Waals surface area contributed by atoms with E-state index in [0.29, 0.717) is 6.42 Å². The average Bonchev–Trinajstić information content (AvgIpc) is 2.77. The summed E-state index contributed by atoms with van der Waals surface area (Å²) in [7, 11) is 0. The Morgan fingerprint density at radius 3 is 2.44 bits per heavy atom. The summed E-state index contributed by atoms with van der Waals surface area (Å²) < 4.78 is 0.782. The van der Waals surface area contributed by atoms with Crippen LogP contribution in [0.4, 0.5) is 0 Å². The molecule has 0 bridgehead atoms. The molecule has 2 atom stereocenters. The summed E-state index contributed by atoms with van der Waals surface area (Å²) in [5.41, 5.74) is 1.20. The Bertz CT molecular complexity index is 480. The molecular formula is C15H17ClOS. The number of aliphatic hydroxyl groups excluding tert-OH is 1. The van der Waals surface area contributed by atoms with E-state index in [4.69, 9.17) is 11.6 Å². The Hall–Kier alpha value is -0.830. The summed E-state index contributed by atoms with van der Waals surface area (Å²) in [6.07, 6.45) is 1.25. The van der Waals surface area contributed by atoms with E-state index in [0.717, 1.165) is 15.6 Å². The van der Waals surface area contributed by atoms with Crippen LogP contribution in [0.1, 0.15) is 29.7 Å². The SMILES string of the molecule is CCC(c1ccccc1)C(O)Cc1ccc(Cl)s1. The fourth-order valence-electron chi connectivity index (χ4n) is 2.24. The Morgan fingerprint density at radius 1 is 1.17 bits per heavy atom. The van der Waals surface area contributed by atoms with Gasteiger partial charge in [0.05, 0.1) is 10.4 Å². The molecule has 0 fully saturated rings. The van der Waals surface area contributed by atoms with Crippen molar-refractivity contribution in [3.8, 4) is 0 Å². The fourth-order valence-corrected chi connectivity index (χ4v) is 3.38. The molecule has 2 aromatic rings. The Morgan fingerprint density at radius 2 is 1.89 bits per heavy atom. The van der Waals surface area contributed by atoms with Crippen LogP contribution in [0.25, 0.3) is 0 Å². The molecule has 1 aromatic heterocycles. The molecule has 0 aliphatic heterocycles. The molecule has 0 radical (unpaired) electrons. The van der Waals surface area contributed by atoms with Crippen molar-refractivity contribution in [2.75, 3.05) is 0 Å². The zero-order valence-corrected chi connectivity index (χ0v) is 11.9. The van der Waals surface area contributed by atoms with Gasteiger partial charge in [-0.2, -0.15) is 0 Å². The van der Waals surface area contributed by atoms with E-state index >= 15 is 0 Å². The maximum Gasteiger partial charge on any atom is 0.0931 e. The standard InChI is InChI=1S/C15H17ClOS/c1-2-13(11-6-4-3-5-7-11)14(17)10-12-8-9-15(16)18-12/h3-9,13-14,17H,2,10H2,1H3. The van der Waals surface area contributed by atoms with E-state index in [9.17, 15) is 5.11 Å². The Balaban J connectivity index is 2.08. The van der Waals surface area contributed by atoms with Gasteiger partial charge in [0.1, 0.15) is 0 Å². The largest absolute Gasteiger partial charge is 0.392 e. The molecular weight excluding hydrogens is 264 g/mol. The molecule has 18 heavy (non-hydrogen) atoms. The highest BCUT2D eigenvalue weighted by Crippen LogP contribution is 2.28. The maximum absolute atomic E-state index is 10.4. The first kappa shape index (κ1) is 13.6. The summed E-state index contributed by atoms with van der Waals surface area (Å²) in [5.74, 6) is 0.187. The minimum atomic E-state index is -0.355. The van der Waals surface area contributed by atoms with E-state index in [1.807, 2.05) is 30.3 Å². The number of benzene rings is 1. The molecule has 1 aromatic carbocycles. The van der Waals surface area contributed by atoms with Crippen LogP contribution in [0, 0.1) is 0 Å². The molecule has 96 valence electrons. The van der Waals surface area contributed by atoms with E-state index < -0.39 is 0 Å². The van der Waals surface area contributed by atoms with Gasteiger partial charge in [0.2, 0.25) is 0 Å². The van der Waals surface area contributed by atoms with Gasteiger partial charge in [0.25, 0.3) is 0 Å². The second kappa shape index (κ2) is 6.37. The lowest BCUT2D eigenvalue weighted by molar-refractivity contribution is 0.141. The summed E-state index contributed by atoms with van der Waals surface area (Å²) in [6.45, 7) is 2.11. The van der Waals surface area contributed by atoms with Crippen molar-refractivity contribution < 1.29 is 5.11 Å². The fraction of sp³-hybridized carbons (Fsp3) is 0.333. The highest BCUT2D eigenvalue weighted by molar-refractivity contribution is 7.16. The number of aliphatic hydroxyl groups is 1. The summed E-state index contributed by atoms with van der Waals surface area (Å²) in [6, 6.07) is 14.1. The van der Waals surface area contributed by atoms with Crippen molar-refractivity contribution in [1.82, 2.24) is 0 Å². The van der Waals surface area contributed by atoms with Gasteiger partial charge in [-0.05, 0) is 24.1 Å². The van der Waals surface area contributed by atoms with Crippen LogP contribution < -0.4 is 0 Å². The maximum atomic E-state index is 10.4. The van der Waals surface area contributed by atoms with Crippen molar-refractivity contribution in [1.29, 1.82) is 0 Å². The molecule has 0 spiro atoms. The average molecular weight is 281 g/mol. The van der Waals surface area contributed by atoms with Gasteiger partial charge >= 0.3 is 0 Å². The predicted octanol–water partition coefficient (Wildman–Crippen LogP) is 4.50. The van der Waals surface area contributed by atoms with Crippen LogP contribution in [0.5, 0.6) is 0 Å². The topological polar surface area (TPSA) is 20.2 Å². The zero-order valence-electron chi connectivity index (χ0n) is 10.3. The van der Waals surface area contributed by atoms with E-state index in [1.165, 1.54) is 5.56 Å². The second-order valence-corrected chi connectivity index (χ2v) is 6.20. The zero-order chi connectivity index (χ0) is 13.0. The van der Waals surface area contributed by atoms with Crippen molar-refractivity contribution in [2.24, 2.45) is 0 Å². The number of hydrogen-bond acceptors (Lipinski definition) is 2. The van der Waals surface area contributed by atoms with Crippen molar-refractivity contribution in [3.05, 3.63) is 57.2 Å². The van der Waals surface area contributed by atoms with Crippen LogP contribution in [0.3, 0.4) is 0 Å². The van der Waals surface area contributed by atoms with E-state index in [1.54, 1.807) is 11.3 Å². The van der Waals surface area contributed by atoms with Gasteiger partial charge < -0.3 is 5.11 Å². The molecule has 1 N–H and O–H groups in total. The van der Waals surface area contributed by atoms with Gasteiger partial charge in [0.15, 0.2) is 0 Å². The van der Waals surface area contributed by atoms with Crippen LogP contribution in [0.2, 0.25) is 4.34 Å². The van der Waals surface area contributed by atoms with Gasteiger partial charge in [-0.3, -0.25) is 0 Å². The first-order valence-electron chi connectivity index (χ1n) is 6.18. The number of hydrogen-bond donors (Lipinski definition) is 1. The van der Waals surface area contributed by atoms with Crippen LogP contribution in [-0.2, 0) is 6.42 Å². The van der Waals surface area contributed by atoms with Gasteiger partial charge in [0, 0.05) is 17.2 Å². The smallest absolute Gasteiger partial charge is 0.0931 e. The quantitative estimate of drug-likeness (QED) is 0.855. The second-order valence-electron chi connectivity index (χ2n) is 4.40. The molecule has 1 heterocycles. The number of rotatable bonds is 5. The Labute approximate surface area is 117 Å². The lowest BCUT2D eigenvalue weighted by Crippen LogP contribution is -2.20. The molecule has 2 rings (SSSR count). The third-order valence-corrected chi connectivity index (χ3v) is 4.42. The predicted molar refractivity (Wildman–Crippen MR) is 78.5 cm³/mol. The summed E-state index contributed by atoms with van der Waals surface area (Å²) in [4.78, 5) is 1.14. The summed E-state index contributed by atoms with van der Waals surface area (Å²) >= 11 is 7.46. The normalized spacial score (nSPS) is 14.4. The summed E-state index contributed by atoms with van der Waals surface area (Å²) in [5, 5.41) is 10.4. The monoisotopic (exact) mass is 280 g/mol. The molecule has 2 unspecified atom stereocenters. The Kier molecular flexibility index (Phi) is 4.81. The van der Waals surface area contributed by atoms with Gasteiger partial charge in [-0.1, -0.05) is 48.9 Å². The minimum absolute atomic E-state index is 0.187. The lowest BCUT2D eigenvalue weighted by Gasteiger charge is -2.21. The molecule has 1 nitrogen and oxygen atoms in total. The number of halogens is 1. The number of thiophene rings is 1. The molecule has 0 aliphatic rings. The lowest BCUT2D eigenvalue weighted by atomic mass is 9.89. The molecule has 0 saturated carbocycles. The van der Waals surface area contributed by atoms with Crippen molar-refractivity contribution in [3.63, 3.8) is 0 Å². The highest BCUT2D eigenvalue weighted by atomic mass is 35.5. The molecule has 0 saturated heterocycles. The van der Waals surface area contributed by atoms with E-state index in [-0.39, 0.29) is 12.0 Å². The van der Waals surface area contributed by atoms with Crippen molar-refractivity contribution >= 4 is 22.9 Å². The third kappa shape index (κ3) is 3.35. The first-order valence-corrected chi connectivity index (χ1v) is 7.37. The highest BCUT2D eigenvalue weighted by Gasteiger charge is 2.20.